The van der Waals surface area contributed by atoms with E-state index in [1.165, 1.54) is 12.1 Å². The van der Waals surface area contributed by atoms with Crippen molar-refractivity contribution in [3.8, 4) is 0 Å². The number of H-pyrrole nitrogens is 2. The van der Waals surface area contributed by atoms with Gasteiger partial charge in [-0.05, 0) is 5.56 Å². The molecule has 0 amide bonds. The van der Waals surface area contributed by atoms with Crippen molar-refractivity contribution in [2.45, 2.75) is 10.8 Å². The van der Waals surface area contributed by atoms with E-state index in [4.69, 9.17) is 0 Å². The number of hydrogen-bond acceptors (Lipinski definition) is 6. The molecule has 0 atom stereocenters. The Bertz CT molecular complexity index is 706. The fourth-order valence-corrected chi connectivity index (χ4v) is 2.09. The number of nitrogens with one attached hydrogen (secondary N) is 2. The monoisotopic (exact) mass is 280 g/mol. The molecule has 0 aliphatic heterocycles. The zero-order valence-electron chi connectivity index (χ0n) is 9.45. The van der Waals surface area contributed by atoms with Crippen LogP contribution in [0.3, 0.4) is 0 Å². The molecule has 0 spiro atoms. The first kappa shape index (κ1) is 13.0. The predicted octanol–water partition coefficient (Wildman–Crippen LogP) is 0.659. The second-order valence-corrected chi connectivity index (χ2v) is 4.49. The number of thioether (sulfide) groups is 1. The maximum absolute atomic E-state index is 11.4. The van der Waals surface area contributed by atoms with Crippen LogP contribution in [0.25, 0.3) is 0 Å². The van der Waals surface area contributed by atoms with Gasteiger partial charge in [-0.25, -0.2) is 9.89 Å². The summed E-state index contributed by atoms with van der Waals surface area (Å²) in [5.74, 6) is 0.417. The summed E-state index contributed by atoms with van der Waals surface area (Å²) >= 11 is 1.13. The average molecular weight is 280 g/mol. The highest BCUT2D eigenvalue weighted by molar-refractivity contribution is 7.98. The molecule has 1 aromatic heterocycles. The van der Waals surface area contributed by atoms with E-state index in [0.717, 1.165) is 17.3 Å². The van der Waals surface area contributed by atoms with E-state index in [0.29, 0.717) is 5.75 Å². The zero-order chi connectivity index (χ0) is 13.8. The van der Waals surface area contributed by atoms with E-state index in [1.807, 2.05) is 0 Å². The SMILES string of the molecule is O=c1[nH]nc(SCc2ccc([N+](=O)[O-])cc2)c(=O)[nH]1. The number of aromatic nitrogens is 3. The van der Waals surface area contributed by atoms with Gasteiger partial charge in [0.25, 0.3) is 11.2 Å². The van der Waals surface area contributed by atoms with Gasteiger partial charge in [0, 0.05) is 17.9 Å². The van der Waals surface area contributed by atoms with Gasteiger partial charge in [-0.15, -0.1) is 0 Å². The van der Waals surface area contributed by atoms with E-state index in [2.05, 4.69) is 15.2 Å². The molecular formula is C10H8N4O4S. The Morgan fingerprint density at radius 3 is 2.53 bits per heavy atom. The highest BCUT2D eigenvalue weighted by Gasteiger charge is 2.06. The second kappa shape index (κ2) is 5.48. The fourth-order valence-electron chi connectivity index (χ4n) is 1.30. The van der Waals surface area contributed by atoms with Crippen LogP contribution in [0, 0.1) is 10.1 Å². The van der Waals surface area contributed by atoms with Gasteiger partial charge in [0.2, 0.25) is 0 Å². The molecule has 2 aromatic rings. The minimum absolute atomic E-state index is 0.00811. The molecule has 19 heavy (non-hydrogen) atoms. The Hall–Kier alpha value is -2.42. The maximum Gasteiger partial charge on any atom is 0.342 e. The number of nitro benzene ring substituents is 1. The minimum Gasteiger partial charge on any atom is -0.271 e. The third-order valence-electron chi connectivity index (χ3n) is 2.20. The van der Waals surface area contributed by atoms with Gasteiger partial charge in [-0.2, -0.15) is 5.10 Å². The minimum atomic E-state index is -0.662. The van der Waals surface area contributed by atoms with Gasteiger partial charge in [0.15, 0.2) is 5.03 Å². The first-order valence-corrected chi connectivity index (χ1v) is 6.10. The summed E-state index contributed by atoms with van der Waals surface area (Å²) in [5, 5.41) is 16.4. The van der Waals surface area contributed by atoms with E-state index < -0.39 is 16.2 Å². The molecule has 0 aliphatic rings. The van der Waals surface area contributed by atoms with Crippen LogP contribution >= 0.6 is 11.8 Å². The normalized spacial score (nSPS) is 10.3. The van der Waals surface area contributed by atoms with Gasteiger partial charge in [0.1, 0.15) is 0 Å². The third kappa shape index (κ3) is 3.28. The average Bonchev–Trinajstić information content (AvgIpc) is 2.38. The Morgan fingerprint density at radius 1 is 1.26 bits per heavy atom. The molecule has 8 nitrogen and oxygen atoms in total. The van der Waals surface area contributed by atoms with Crippen LogP contribution in [-0.2, 0) is 5.75 Å². The predicted molar refractivity (Wildman–Crippen MR) is 68.1 cm³/mol. The van der Waals surface area contributed by atoms with Crippen molar-refractivity contribution >= 4 is 17.4 Å². The fraction of sp³-hybridized carbons (Fsp3) is 0.100. The van der Waals surface area contributed by atoms with Crippen molar-refractivity contribution in [1.29, 1.82) is 0 Å². The van der Waals surface area contributed by atoms with Gasteiger partial charge in [0.05, 0.1) is 4.92 Å². The molecule has 0 bridgehead atoms. The molecule has 0 saturated carbocycles. The second-order valence-electron chi connectivity index (χ2n) is 3.52. The lowest BCUT2D eigenvalue weighted by molar-refractivity contribution is -0.384. The quantitative estimate of drug-likeness (QED) is 0.482. The molecule has 0 saturated heterocycles. The number of rotatable bonds is 4. The summed E-state index contributed by atoms with van der Waals surface area (Å²) in [6.07, 6.45) is 0. The first-order chi connectivity index (χ1) is 9.06. The van der Waals surface area contributed by atoms with Crippen molar-refractivity contribution in [1.82, 2.24) is 15.2 Å². The van der Waals surface area contributed by atoms with Crippen LogP contribution in [0.5, 0.6) is 0 Å². The summed E-state index contributed by atoms with van der Waals surface area (Å²) in [6, 6.07) is 5.98. The molecule has 98 valence electrons. The van der Waals surface area contributed by atoms with E-state index in [9.17, 15) is 19.7 Å². The number of nitro groups is 1. The molecule has 0 aliphatic carbocycles. The van der Waals surface area contributed by atoms with E-state index in [-0.39, 0.29) is 10.7 Å². The van der Waals surface area contributed by atoms with Crippen LogP contribution in [-0.4, -0.2) is 20.1 Å². The van der Waals surface area contributed by atoms with Crippen molar-refractivity contribution in [2.75, 3.05) is 0 Å². The van der Waals surface area contributed by atoms with Crippen molar-refractivity contribution in [2.24, 2.45) is 0 Å². The first-order valence-electron chi connectivity index (χ1n) is 5.11. The molecule has 0 unspecified atom stereocenters. The van der Waals surface area contributed by atoms with Gasteiger partial charge in [-0.1, -0.05) is 23.9 Å². The molecule has 1 aromatic carbocycles. The van der Waals surface area contributed by atoms with Gasteiger partial charge < -0.3 is 0 Å². The number of nitrogens with zero attached hydrogens (tertiary/aromatic N) is 2. The van der Waals surface area contributed by atoms with Crippen molar-refractivity contribution < 1.29 is 4.92 Å². The maximum atomic E-state index is 11.4. The number of hydrogen-bond donors (Lipinski definition) is 2. The molecule has 1 heterocycles. The van der Waals surface area contributed by atoms with Crippen LogP contribution in [0.2, 0.25) is 0 Å². The molecule has 2 rings (SSSR count). The van der Waals surface area contributed by atoms with Crippen LogP contribution < -0.4 is 11.2 Å². The standard InChI is InChI=1S/C10H8N4O4S/c15-8-9(12-13-10(16)11-8)19-5-6-1-3-7(4-2-6)14(17)18/h1-4H,5H2,(H2,11,13,15,16). The Labute approximate surface area is 110 Å². The van der Waals surface area contributed by atoms with E-state index >= 15 is 0 Å². The molecule has 0 radical (unpaired) electrons. The lowest BCUT2D eigenvalue weighted by Crippen LogP contribution is -2.24. The lowest BCUT2D eigenvalue weighted by atomic mass is 10.2. The molecule has 2 N–H and O–H groups in total. The summed E-state index contributed by atoms with van der Waals surface area (Å²) in [6.45, 7) is 0. The lowest BCUT2D eigenvalue weighted by Gasteiger charge is -1.99. The number of aromatic amines is 2. The van der Waals surface area contributed by atoms with Crippen LogP contribution in [0.1, 0.15) is 5.56 Å². The highest BCUT2D eigenvalue weighted by Crippen LogP contribution is 2.19. The highest BCUT2D eigenvalue weighted by atomic mass is 32.2. The number of non-ortho nitro benzene ring substituents is 1. The van der Waals surface area contributed by atoms with E-state index in [1.54, 1.807) is 12.1 Å². The van der Waals surface area contributed by atoms with Crippen molar-refractivity contribution in [3.63, 3.8) is 0 Å². The van der Waals surface area contributed by atoms with Crippen LogP contribution in [0.15, 0.2) is 38.9 Å². The van der Waals surface area contributed by atoms with Gasteiger partial charge in [-0.3, -0.25) is 19.9 Å². The summed E-state index contributed by atoms with van der Waals surface area (Å²) in [5.41, 5.74) is -0.405. The summed E-state index contributed by atoms with van der Waals surface area (Å²) in [7, 11) is 0. The Balaban J connectivity index is 2.08. The summed E-state index contributed by atoms with van der Waals surface area (Å²) < 4.78 is 0. The summed E-state index contributed by atoms with van der Waals surface area (Å²) in [4.78, 5) is 34.2. The molecular weight excluding hydrogens is 272 g/mol. The zero-order valence-corrected chi connectivity index (χ0v) is 10.3. The van der Waals surface area contributed by atoms with Gasteiger partial charge >= 0.3 is 5.69 Å². The molecule has 0 fully saturated rings. The Kier molecular flexibility index (Phi) is 3.76. The Morgan fingerprint density at radius 2 is 1.95 bits per heavy atom. The third-order valence-corrected chi connectivity index (χ3v) is 3.23. The smallest absolute Gasteiger partial charge is 0.271 e. The largest absolute Gasteiger partial charge is 0.342 e. The van der Waals surface area contributed by atoms with Crippen LogP contribution in [0.4, 0.5) is 5.69 Å². The number of benzene rings is 1. The van der Waals surface area contributed by atoms with Crippen molar-refractivity contribution in [3.05, 3.63) is 60.8 Å². The molecule has 9 heteroatoms. The topological polar surface area (TPSA) is 122 Å².